The van der Waals surface area contributed by atoms with Crippen LogP contribution in [-0.4, -0.2) is 28.5 Å². The van der Waals surface area contributed by atoms with Crippen LogP contribution >= 0.6 is 11.9 Å². The molecule has 2 fully saturated rings. The fraction of sp³-hybridized carbons (Fsp3) is 0.519. The van der Waals surface area contributed by atoms with E-state index >= 15 is 0 Å². The molecular weight excluding hydrogens is 481 g/mol. The lowest BCUT2D eigenvalue weighted by atomic mass is 9.66. The number of hydrogen-bond acceptors (Lipinski definition) is 4. The topological polar surface area (TPSA) is 61.4 Å². The average Bonchev–Trinajstić information content (AvgIpc) is 3.50. The molecule has 0 saturated heterocycles. The van der Waals surface area contributed by atoms with Gasteiger partial charge in [0, 0.05) is 40.7 Å². The predicted octanol–water partition coefficient (Wildman–Crippen LogP) is 6.18. The van der Waals surface area contributed by atoms with Crippen molar-refractivity contribution < 1.29 is 13.4 Å². The summed E-state index contributed by atoms with van der Waals surface area (Å²) in [4.78, 5) is 15.7. The number of fused-ring (bicyclic) bond motifs is 2. The number of rotatable bonds is 5. The Hall–Kier alpha value is -1.90. The normalized spacial score (nSPS) is 20.7. The first-order valence-electron chi connectivity index (χ1n) is 12.3. The van der Waals surface area contributed by atoms with Crippen LogP contribution in [0.15, 0.2) is 41.3 Å². The first kappa shape index (κ1) is 24.8. The lowest BCUT2D eigenvalue weighted by Gasteiger charge is -2.38. The van der Waals surface area contributed by atoms with Gasteiger partial charge in [0.15, 0.2) is 0 Å². The Kier molecular flexibility index (Phi) is 6.29. The van der Waals surface area contributed by atoms with Crippen LogP contribution in [-0.2, 0) is 16.4 Å². The van der Waals surface area contributed by atoms with Gasteiger partial charge >= 0.3 is 0 Å². The summed E-state index contributed by atoms with van der Waals surface area (Å²) in [6.07, 6.45) is 9.28. The summed E-state index contributed by atoms with van der Waals surface area (Å²) in [5.41, 5.74) is 3.62. The van der Waals surface area contributed by atoms with Crippen molar-refractivity contribution in [3.63, 3.8) is 0 Å². The molecule has 1 amide bonds. The van der Waals surface area contributed by atoms with E-state index < -0.39 is 22.3 Å². The van der Waals surface area contributed by atoms with E-state index in [9.17, 15) is 13.4 Å². The molecular formula is C27H34FN3O2S2. The van der Waals surface area contributed by atoms with E-state index in [1.54, 1.807) is 11.9 Å². The Morgan fingerprint density at radius 3 is 2.37 bits per heavy atom. The molecule has 1 aliphatic heterocycles. The molecule has 2 saturated carbocycles. The zero-order valence-corrected chi connectivity index (χ0v) is 22.5. The van der Waals surface area contributed by atoms with E-state index in [0.717, 1.165) is 24.2 Å². The lowest BCUT2D eigenvalue weighted by molar-refractivity contribution is 0.0980. The van der Waals surface area contributed by atoms with Gasteiger partial charge in [0.05, 0.1) is 4.90 Å². The van der Waals surface area contributed by atoms with Crippen molar-refractivity contribution in [2.24, 2.45) is 5.41 Å². The third kappa shape index (κ3) is 4.77. The second-order valence-electron chi connectivity index (χ2n) is 11.5. The number of anilines is 2. The predicted molar refractivity (Wildman–Crippen MR) is 143 cm³/mol. The molecule has 8 heteroatoms. The van der Waals surface area contributed by atoms with Crippen LogP contribution in [0.5, 0.6) is 0 Å². The van der Waals surface area contributed by atoms with Gasteiger partial charge in [-0.05, 0) is 107 Å². The number of carbonyl (C=O) groups excluding carboxylic acids is 1. The molecule has 1 atom stereocenters. The highest BCUT2D eigenvalue weighted by atomic mass is 32.2. The summed E-state index contributed by atoms with van der Waals surface area (Å²) in [6.45, 7) is 6.24. The maximum Gasteiger partial charge on any atom is 0.258 e. The smallest absolute Gasteiger partial charge is 0.258 e. The van der Waals surface area contributed by atoms with Gasteiger partial charge in [-0.25, -0.2) is 13.3 Å². The van der Waals surface area contributed by atoms with Crippen molar-refractivity contribution in [2.75, 3.05) is 22.4 Å². The second kappa shape index (κ2) is 8.89. The molecule has 5 nitrogen and oxygen atoms in total. The third-order valence-corrected chi connectivity index (χ3v) is 9.74. The Morgan fingerprint density at radius 1 is 1.06 bits per heavy atom. The van der Waals surface area contributed by atoms with Crippen LogP contribution in [0.2, 0.25) is 0 Å². The zero-order chi connectivity index (χ0) is 25.0. The highest BCUT2D eigenvalue weighted by Crippen LogP contribution is 2.62. The second-order valence-corrected chi connectivity index (χ2v) is 13.3. The molecule has 188 valence electrons. The fourth-order valence-corrected chi connectivity index (χ4v) is 7.17. The van der Waals surface area contributed by atoms with Crippen LogP contribution in [0.1, 0.15) is 75.2 Å². The minimum Gasteiger partial charge on any atom is -0.330 e. The summed E-state index contributed by atoms with van der Waals surface area (Å²) in [7, 11) is -1.76. The molecule has 2 aromatic rings. The monoisotopic (exact) mass is 515 g/mol. The van der Waals surface area contributed by atoms with Gasteiger partial charge in [0.1, 0.15) is 16.8 Å². The Morgan fingerprint density at radius 2 is 1.74 bits per heavy atom. The van der Waals surface area contributed by atoms with Gasteiger partial charge in [0.25, 0.3) is 5.91 Å². The number of halogens is 1. The average molecular weight is 516 g/mol. The van der Waals surface area contributed by atoms with Gasteiger partial charge in [-0.1, -0.05) is 11.9 Å². The summed E-state index contributed by atoms with van der Waals surface area (Å²) in [6, 6.07) is 10.5. The summed E-state index contributed by atoms with van der Waals surface area (Å²) in [5, 5.41) is 0. The molecule has 0 aromatic heterocycles. The molecule has 35 heavy (non-hydrogen) atoms. The maximum atomic E-state index is 14.6. The van der Waals surface area contributed by atoms with Crippen molar-refractivity contribution in [1.82, 2.24) is 4.72 Å². The number of nitrogens with zero attached hydrogens (tertiary/aromatic N) is 1. The highest BCUT2D eigenvalue weighted by Gasteiger charge is 2.53. The van der Waals surface area contributed by atoms with E-state index in [1.165, 1.54) is 49.4 Å². The van der Waals surface area contributed by atoms with E-state index in [-0.39, 0.29) is 16.2 Å². The Bertz CT molecular complexity index is 1180. The van der Waals surface area contributed by atoms with Gasteiger partial charge < -0.3 is 9.62 Å². The Labute approximate surface area is 214 Å². The first-order valence-corrected chi connectivity index (χ1v) is 14.7. The van der Waals surface area contributed by atoms with Crippen molar-refractivity contribution in [3.05, 3.63) is 53.3 Å². The highest BCUT2D eigenvalue weighted by molar-refractivity contribution is 7.99. The van der Waals surface area contributed by atoms with E-state index in [0.29, 0.717) is 17.5 Å². The maximum absolute atomic E-state index is 14.6. The first-order chi connectivity index (χ1) is 16.5. The quantitative estimate of drug-likeness (QED) is 0.467. The Balaban J connectivity index is 1.48. The summed E-state index contributed by atoms with van der Waals surface area (Å²) in [5.74, 6) is -0.751. The van der Waals surface area contributed by atoms with Crippen LogP contribution in [0, 0.1) is 11.2 Å². The molecule has 2 aromatic carbocycles. The van der Waals surface area contributed by atoms with E-state index in [1.807, 2.05) is 44.1 Å². The number of benzene rings is 2. The van der Waals surface area contributed by atoms with Gasteiger partial charge in [-0.3, -0.25) is 4.79 Å². The molecule has 0 bridgehead atoms. The molecule has 5 rings (SSSR count). The molecule has 0 radical (unpaired) electrons. The molecule has 1 heterocycles. The largest absolute Gasteiger partial charge is 0.330 e. The minimum atomic E-state index is -1.76. The minimum absolute atomic E-state index is 0.00719. The van der Waals surface area contributed by atoms with E-state index in [4.69, 9.17) is 0 Å². The van der Waals surface area contributed by atoms with Crippen molar-refractivity contribution in [3.8, 4) is 0 Å². The van der Waals surface area contributed by atoms with Crippen LogP contribution < -0.4 is 14.3 Å². The fourth-order valence-electron chi connectivity index (χ4n) is 5.66. The molecule has 2 aliphatic carbocycles. The molecule has 1 unspecified atom stereocenters. The number of amides is 1. The number of hydrogen-bond donors (Lipinski definition) is 2. The molecule has 2 N–H and O–H groups in total. The van der Waals surface area contributed by atoms with Gasteiger partial charge in [0.2, 0.25) is 0 Å². The third-order valence-electron chi connectivity index (χ3n) is 7.79. The van der Waals surface area contributed by atoms with Crippen molar-refractivity contribution in [1.29, 1.82) is 0 Å². The van der Waals surface area contributed by atoms with Crippen molar-refractivity contribution >= 4 is 40.2 Å². The van der Waals surface area contributed by atoms with Crippen molar-refractivity contribution in [2.45, 2.75) is 75.1 Å². The summed E-state index contributed by atoms with van der Waals surface area (Å²) >= 11 is 1.56. The number of nitrogens with one attached hydrogen (secondary N) is 2. The molecule has 3 aliphatic rings. The SMILES string of the molecule is CSNc1ccc2c(c1)C1(CCC3(CC3)CC1)CN2C(=O)c1ccc(F)c(S(=O)NC(C)(C)C)c1. The lowest BCUT2D eigenvalue weighted by Crippen LogP contribution is -2.40. The number of carbonyl (C=O) groups is 1. The van der Waals surface area contributed by atoms with Crippen LogP contribution in [0.4, 0.5) is 15.8 Å². The van der Waals surface area contributed by atoms with Crippen LogP contribution in [0.3, 0.4) is 0 Å². The molecule has 2 spiro atoms. The standard InChI is InChI=1S/C27H34FN3O2S2/c1-25(2,3)30-35(33)23-15-18(5-7-21(23)28)24(32)31-17-27(13-11-26(9-10-26)12-14-27)20-16-19(29-34-4)6-8-22(20)31/h5-8,15-16,29-30H,9-14,17H2,1-4H3. The van der Waals surface area contributed by atoms with Crippen LogP contribution in [0.25, 0.3) is 0 Å². The zero-order valence-electron chi connectivity index (χ0n) is 20.9. The summed E-state index contributed by atoms with van der Waals surface area (Å²) < 4.78 is 33.6. The van der Waals surface area contributed by atoms with Gasteiger partial charge in [-0.2, -0.15) is 0 Å². The van der Waals surface area contributed by atoms with Gasteiger partial charge in [-0.15, -0.1) is 0 Å². The van der Waals surface area contributed by atoms with E-state index in [2.05, 4.69) is 15.5 Å².